The highest BCUT2D eigenvalue weighted by atomic mass is 16.5. The summed E-state index contributed by atoms with van der Waals surface area (Å²) in [5.41, 5.74) is 0.510. The lowest BCUT2D eigenvalue weighted by Gasteiger charge is -2.39. The monoisotopic (exact) mass is 602 g/mol. The van der Waals surface area contributed by atoms with Crippen molar-refractivity contribution in [3.63, 3.8) is 0 Å². The van der Waals surface area contributed by atoms with Crippen LogP contribution in [0.2, 0.25) is 0 Å². The summed E-state index contributed by atoms with van der Waals surface area (Å²) in [7, 11) is 1.75. The van der Waals surface area contributed by atoms with Gasteiger partial charge in [-0.1, -0.05) is 46.6 Å². The minimum atomic E-state index is -0.670. The fourth-order valence-electron chi connectivity index (χ4n) is 6.97. The number of likely N-dealkylation sites (N-methyl/N-ethyl adjacent to an activating group) is 1. The number of ether oxygens (including phenoxy) is 1. The average molecular weight is 603 g/mol. The normalized spacial score (nSPS) is 23.9. The number of nitrogens with one attached hydrogen (secondary N) is 1. The summed E-state index contributed by atoms with van der Waals surface area (Å²) in [6.07, 6.45) is 11.2. The molecule has 0 aromatic heterocycles. The first-order chi connectivity index (χ1) is 20.3. The lowest BCUT2D eigenvalue weighted by molar-refractivity contribution is -0.158. The van der Waals surface area contributed by atoms with E-state index in [-0.39, 0.29) is 59.8 Å². The van der Waals surface area contributed by atoms with Crippen molar-refractivity contribution in [3.05, 3.63) is 11.6 Å². The highest BCUT2D eigenvalue weighted by Crippen LogP contribution is 2.26. The lowest BCUT2D eigenvalue weighted by atomic mass is 9.95. The molecule has 3 fully saturated rings. The Morgan fingerprint density at radius 1 is 0.814 bits per heavy atom. The van der Waals surface area contributed by atoms with Crippen LogP contribution in [0.25, 0.3) is 0 Å². The van der Waals surface area contributed by atoms with Gasteiger partial charge in [-0.25, -0.2) is 4.79 Å². The van der Waals surface area contributed by atoms with Gasteiger partial charge in [0.25, 0.3) is 0 Å². The smallest absolute Gasteiger partial charge is 0.329 e. The molecule has 0 bridgehead atoms. The molecule has 9 heteroatoms. The molecular formula is C34H58N4O5. The number of hydrogen-bond acceptors (Lipinski definition) is 6. The van der Waals surface area contributed by atoms with Gasteiger partial charge in [0.2, 0.25) is 17.7 Å². The minimum absolute atomic E-state index is 0.0284. The molecule has 4 atom stereocenters. The molecule has 244 valence electrons. The maximum absolute atomic E-state index is 13.9. The number of amides is 3. The summed E-state index contributed by atoms with van der Waals surface area (Å²) in [5, 5.41) is 3.10. The van der Waals surface area contributed by atoms with E-state index in [1.165, 1.54) is 6.42 Å². The molecule has 3 aliphatic rings. The van der Waals surface area contributed by atoms with E-state index in [0.29, 0.717) is 18.5 Å². The molecule has 3 rings (SSSR count). The highest BCUT2D eigenvalue weighted by molar-refractivity contribution is 5.96. The lowest BCUT2D eigenvalue weighted by Crippen LogP contribution is -2.58. The van der Waals surface area contributed by atoms with Crippen LogP contribution in [0.15, 0.2) is 11.6 Å². The first-order valence-electron chi connectivity index (χ1n) is 16.9. The van der Waals surface area contributed by atoms with Gasteiger partial charge in [0.05, 0.1) is 12.1 Å². The number of hydrogen-bond donors (Lipinski definition) is 1. The van der Waals surface area contributed by atoms with Crippen LogP contribution < -0.4 is 5.32 Å². The maximum atomic E-state index is 13.9. The van der Waals surface area contributed by atoms with Crippen molar-refractivity contribution in [2.75, 3.05) is 20.1 Å². The number of carbonyl (C=O) groups is 4. The van der Waals surface area contributed by atoms with E-state index in [1.54, 1.807) is 23.8 Å². The van der Waals surface area contributed by atoms with Crippen molar-refractivity contribution >= 4 is 23.7 Å². The van der Waals surface area contributed by atoms with Gasteiger partial charge < -0.3 is 19.9 Å². The Kier molecular flexibility index (Phi) is 13.1. The zero-order valence-corrected chi connectivity index (χ0v) is 28.1. The van der Waals surface area contributed by atoms with Crippen molar-refractivity contribution in [2.24, 2.45) is 11.8 Å². The Labute approximate surface area is 260 Å². The molecule has 2 aliphatic heterocycles. The second-order valence-electron chi connectivity index (χ2n) is 14.0. The van der Waals surface area contributed by atoms with E-state index in [9.17, 15) is 19.2 Å². The first kappa shape index (κ1) is 35.1. The van der Waals surface area contributed by atoms with E-state index in [4.69, 9.17) is 4.74 Å². The average Bonchev–Trinajstić information content (AvgIpc) is 3.47. The van der Waals surface area contributed by atoms with Crippen LogP contribution in [0.3, 0.4) is 0 Å². The predicted molar refractivity (Wildman–Crippen MR) is 169 cm³/mol. The standard InChI is InChI=1S/C34H58N4O5/c1-22(2)29(21-25(7)32(40)38-20-14-18-28(38)34(42)43-26-15-10-9-11-16-26)36(8)33(41)30(23(3)4)35-31(39)27-17-12-13-19-37(27)24(5)6/h21-24,26-30H,9-20H2,1-8H3,(H,35,39)/b25-21+/t27-,28+,29-,30+/m1/s1. The van der Waals surface area contributed by atoms with E-state index >= 15 is 0 Å². The second-order valence-corrected chi connectivity index (χ2v) is 14.0. The van der Waals surface area contributed by atoms with E-state index in [0.717, 1.165) is 57.9 Å². The number of carbonyl (C=O) groups excluding carboxylic acids is 4. The van der Waals surface area contributed by atoms with E-state index in [2.05, 4.69) is 24.1 Å². The molecule has 1 aliphatic carbocycles. The highest BCUT2D eigenvalue weighted by Gasteiger charge is 2.39. The molecule has 0 aromatic rings. The molecule has 0 unspecified atom stereocenters. The number of piperidine rings is 1. The maximum Gasteiger partial charge on any atom is 0.329 e. The van der Waals surface area contributed by atoms with Crippen molar-refractivity contribution < 1.29 is 23.9 Å². The van der Waals surface area contributed by atoms with Gasteiger partial charge in [-0.2, -0.15) is 0 Å². The quantitative estimate of drug-likeness (QED) is 0.272. The van der Waals surface area contributed by atoms with Crippen molar-refractivity contribution in [2.45, 2.75) is 149 Å². The number of nitrogens with zero attached hydrogens (tertiary/aromatic N) is 3. The fraction of sp³-hybridized carbons (Fsp3) is 0.824. The molecule has 9 nitrogen and oxygen atoms in total. The molecule has 0 radical (unpaired) electrons. The minimum Gasteiger partial charge on any atom is -0.461 e. The van der Waals surface area contributed by atoms with Crippen LogP contribution in [-0.2, 0) is 23.9 Å². The van der Waals surface area contributed by atoms with Gasteiger partial charge >= 0.3 is 5.97 Å². The van der Waals surface area contributed by atoms with E-state index in [1.807, 2.05) is 33.8 Å². The van der Waals surface area contributed by atoms with Crippen LogP contribution in [0.1, 0.15) is 113 Å². The molecule has 2 heterocycles. The Hall–Kier alpha value is -2.42. The number of rotatable bonds is 11. The van der Waals surface area contributed by atoms with Crippen LogP contribution >= 0.6 is 0 Å². The van der Waals surface area contributed by atoms with Gasteiger partial charge in [-0.3, -0.25) is 19.3 Å². The fourth-order valence-corrected chi connectivity index (χ4v) is 6.97. The first-order valence-corrected chi connectivity index (χ1v) is 16.9. The molecule has 2 saturated heterocycles. The van der Waals surface area contributed by atoms with Gasteiger partial charge in [-0.05, 0) is 90.5 Å². The predicted octanol–water partition coefficient (Wildman–Crippen LogP) is 4.69. The SMILES string of the molecule is C/C(=C\[C@H](C(C)C)N(C)C(=O)[C@@H](NC(=O)[C@H]1CCCCN1C(C)C)C(C)C)C(=O)N1CCC[C@H]1C(=O)OC1CCCCC1. The molecule has 0 spiro atoms. The second kappa shape index (κ2) is 16.1. The van der Waals surface area contributed by atoms with Crippen molar-refractivity contribution in [3.8, 4) is 0 Å². The Morgan fingerprint density at radius 2 is 1.44 bits per heavy atom. The van der Waals surface area contributed by atoms with Crippen molar-refractivity contribution in [1.29, 1.82) is 0 Å². The molecule has 3 amide bonds. The number of esters is 1. The largest absolute Gasteiger partial charge is 0.461 e. The zero-order valence-electron chi connectivity index (χ0n) is 28.1. The van der Waals surface area contributed by atoms with Crippen LogP contribution in [0.5, 0.6) is 0 Å². The summed E-state index contributed by atoms with van der Waals surface area (Å²) in [5.74, 6) is -0.801. The third-order valence-electron chi connectivity index (χ3n) is 9.60. The van der Waals surface area contributed by atoms with Crippen LogP contribution in [0, 0.1) is 11.8 Å². The van der Waals surface area contributed by atoms with Gasteiger partial charge in [0, 0.05) is 25.2 Å². The summed E-state index contributed by atoms with van der Waals surface area (Å²) in [4.78, 5) is 59.6. The Bertz CT molecular complexity index is 1000. The van der Waals surface area contributed by atoms with Gasteiger partial charge in [0.1, 0.15) is 18.2 Å². The molecule has 0 aromatic carbocycles. The zero-order chi connectivity index (χ0) is 31.8. The molecule has 43 heavy (non-hydrogen) atoms. The van der Waals surface area contributed by atoms with Gasteiger partial charge in [0.15, 0.2) is 0 Å². The summed E-state index contributed by atoms with van der Waals surface area (Å²) >= 11 is 0. The van der Waals surface area contributed by atoms with Crippen molar-refractivity contribution in [1.82, 2.24) is 20.0 Å². The Balaban J connectivity index is 1.71. The summed E-state index contributed by atoms with van der Waals surface area (Å²) < 4.78 is 5.83. The van der Waals surface area contributed by atoms with Crippen LogP contribution in [-0.4, -0.2) is 94.8 Å². The molecular weight excluding hydrogens is 544 g/mol. The summed E-state index contributed by atoms with van der Waals surface area (Å²) in [6.45, 7) is 15.3. The number of likely N-dealkylation sites (tertiary alicyclic amines) is 2. The van der Waals surface area contributed by atoms with Crippen LogP contribution in [0.4, 0.5) is 0 Å². The molecule has 1 saturated carbocycles. The topological polar surface area (TPSA) is 99.3 Å². The Morgan fingerprint density at radius 3 is 2.05 bits per heavy atom. The summed E-state index contributed by atoms with van der Waals surface area (Å²) in [6, 6.07) is -1.55. The third-order valence-corrected chi connectivity index (χ3v) is 9.60. The third kappa shape index (κ3) is 9.05. The van der Waals surface area contributed by atoms with E-state index < -0.39 is 12.1 Å². The van der Waals surface area contributed by atoms with Gasteiger partial charge in [-0.15, -0.1) is 0 Å². The molecule has 1 N–H and O–H groups in total.